The third-order valence-corrected chi connectivity index (χ3v) is 4.59. The molecule has 0 spiro atoms. The van der Waals surface area contributed by atoms with Crippen LogP contribution >= 0.6 is 0 Å². The van der Waals surface area contributed by atoms with Crippen LogP contribution in [0.4, 0.5) is 26.0 Å². The van der Waals surface area contributed by atoms with Gasteiger partial charge in [0.25, 0.3) is 0 Å². The van der Waals surface area contributed by atoms with Crippen LogP contribution in [0.2, 0.25) is 0 Å². The molecule has 0 radical (unpaired) electrons. The Morgan fingerprint density at radius 3 is 2.29 bits per heavy atom. The lowest BCUT2D eigenvalue weighted by atomic mass is 9.99. The summed E-state index contributed by atoms with van der Waals surface area (Å²) in [6.07, 6.45) is 4.24. The molecule has 4 rings (SSSR count). The Morgan fingerprint density at radius 1 is 0.929 bits per heavy atom. The number of halogens is 2. The van der Waals surface area contributed by atoms with Crippen molar-refractivity contribution in [2.75, 3.05) is 16.8 Å². The first kappa shape index (κ1) is 17.9. The highest BCUT2D eigenvalue weighted by Crippen LogP contribution is 2.28. The van der Waals surface area contributed by atoms with Gasteiger partial charge in [0, 0.05) is 30.5 Å². The number of hydrogen-bond donors (Lipinski definition) is 2. The first-order valence-electron chi connectivity index (χ1n) is 8.87. The van der Waals surface area contributed by atoms with E-state index >= 15 is 0 Å². The summed E-state index contributed by atoms with van der Waals surface area (Å²) in [7, 11) is 0. The van der Waals surface area contributed by atoms with Crippen LogP contribution in [0.3, 0.4) is 0 Å². The number of aromatic nitrogens is 1. The number of hydrogen-bond acceptors (Lipinski definition) is 3. The molecule has 0 unspecified atom stereocenters. The smallest absolute Gasteiger partial charge is 0.130 e. The predicted molar refractivity (Wildman–Crippen MR) is 108 cm³/mol. The predicted octanol–water partition coefficient (Wildman–Crippen LogP) is 5.37. The fourth-order valence-electron chi connectivity index (χ4n) is 3.14. The van der Waals surface area contributed by atoms with Gasteiger partial charge < -0.3 is 10.2 Å². The second-order valence-electron chi connectivity index (χ2n) is 6.50. The molecule has 0 atom stereocenters. The number of amidine groups is 1. The molecule has 2 heterocycles. The van der Waals surface area contributed by atoms with Crippen molar-refractivity contribution in [3.63, 3.8) is 0 Å². The highest BCUT2D eigenvalue weighted by molar-refractivity contribution is 6.04. The number of anilines is 3. The first-order valence-corrected chi connectivity index (χ1v) is 8.87. The maximum atomic E-state index is 13.1. The van der Waals surface area contributed by atoms with E-state index in [9.17, 15) is 8.78 Å². The largest absolute Gasteiger partial charge is 0.340 e. The van der Waals surface area contributed by atoms with Gasteiger partial charge in [0.2, 0.25) is 0 Å². The number of benzene rings is 2. The second-order valence-corrected chi connectivity index (χ2v) is 6.50. The molecular formula is C22H18F2N4. The molecule has 140 valence electrons. The maximum absolute atomic E-state index is 13.1. The van der Waals surface area contributed by atoms with Gasteiger partial charge in [-0.1, -0.05) is 6.08 Å². The van der Waals surface area contributed by atoms with Gasteiger partial charge in [0.05, 0.1) is 0 Å². The molecule has 0 fully saturated rings. The monoisotopic (exact) mass is 376 g/mol. The van der Waals surface area contributed by atoms with Crippen LogP contribution < -0.4 is 10.2 Å². The van der Waals surface area contributed by atoms with Crippen molar-refractivity contribution in [2.24, 2.45) is 0 Å². The van der Waals surface area contributed by atoms with Crippen LogP contribution in [-0.4, -0.2) is 17.4 Å². The molecule has 2 aromatic carbocycles. The molecule has 2 N–H and O–H groups in total. The molecule has 6 heteroatoms. The van der Waals surface area contributed by atoms with Crippen LogP contribution in [0.25, 0.3) is 5.57 Å². The summed E-state index contributed by atoms with van der Waals surface area (Å²) in [5.41, 5.74) is 3.56. The Hall–Kier alpha value is -3.54. The van der Waals surface area contributed by atoms with Gasteiger partial charge in [-0.15, -0.1) is 0 Å². The molecule has 3 aromatic rings. The summed E-state index contributed by atoms with van der Waals surface area (Å²) < 4.78 is 26.2. The summed E-state index contributed by atoms with van der Waals surface area (Å²) in [4.78, 5) is 6.16. The standard InChI is InChI=1S/C22H18F2N4/c23-17-1-5-19(6-2-17)27-22-14-15(9-11-26-22)16-10-12-28(21(25)13-16)20-7-3-18(24)4-8-20/h1-11,14,25H,12-13H2,(H,26,27). The van der Waals surface area contributed by atoms with Crippen molar-refractivity contribution in [1.29, 1.82) is 5.41 Å². The number of nitrogens with zero attached hydrogens (tertiary/aromatic N) is 2. The zero-order valence-electron chi connectivity index (χ0n) is 15.0. The van der Waals surface area contributed by atoms with Crippen LogP contribution in [-0.2, 0) is 0 Å². The fraction of sp³-hybridized carbons (Fsp3) is 0.0909. The minimum Gasteiger partial charge on any atom is -0.340 e. The molecule has 1 aromatic heterocycles. The zero-order valence-corrected chi connectivity index (χ0v) is 15.0. The van der Waals surface area contributed by atoms with Gasteiger partial charge in [0.1, 0.15) is 23.3 Å². The number of pyridine rings is 1. The van der Waals surface area contributed by atoms with E-state index in [0.717, 1.165) is 22.5 Å². The zero-order chi connectivity index (χ0) is 19.5. The summed E-state index contributed by atoms with van der Waals surface area (Å²) in [6.45, 7) is 0.544. The molecule has 1 aliphatic rings. The fourth-order valence-corrected chi connectivity index (χ4v) is 3.14. The Bertz CT molecular complexity index is 1030. The molecule has 0 bridgehead atoms. The molecule has 0 saturated carbocycles. The van der Waals surface area contributed by atoms with Crippen LogP contribution in [0, 0.1) is 17.0 Å². The van der Waals surface area contributed by atoms with Crippen molar-refractivity contribution in [1.82, 2.24) is 4.98 Å². The molecule has 4 nitrogen and oxygen atoms in total. The summed E-state index contributed by atoms with van der Waals surface area (Å²) >= 11 is 0. The lowest BCUT2D eigenvalue weighted by molar-refractivity contribution is 0.627. The van der Waals surface area contributed by atoms with E-state index < -0.39 is 0 Å². The highest BCUT2D eigenvalue weighted by atomic mass is 19.1. The lowest BCUT2D eigenvalue weighted by Crippen LogP contribution is -2.33. The molecule has 0 aliphatic carbocycles. The Balaban J connectivity index is 1.52. The van der Waals surface area contributed by atoms with Crippen molar-refractivity contribution < 1.29 is 8.78 Å². The molecule has 1 aliphatic heterocycles. The van der Waals surface area contributed by atoms with E-state index in [4.69, 9.17) is 5.41 Å². The number of nitrogens with one attached hydrogen (secondary N) is 2. The quantitative estimate of drug-likeness (QED) is 0.643. The molecule has 0 saturated heterocycles. The van der Waals surface area contributed by atoms with Gasteiger partial charge in [-0.2, -0.15) is 0 Å². The molecule has 0 amide bonds. The van der Waals surface area contributed by atoms with Crippen molar-refractivity contribution >= 4 is 28.6 Å². The number of rotatable bonds is 4. The highest BCUT2D eigenvalue weighted by Gasteiger charge is 2.19. The SMILES string of the molecule is N=C1CC(c2ccnc(Nc3ccc(F)cc3)c2)=CCN1c1ccc(F)cc1. The maximum Gasteiger partial charge on any atom is 0.130 e. The average molecular weight is 376 g/mol. The summed E-state index contributed by atoms with van der Waals surface area (Å²) in [6, 6.07) is 16.1. The minimum absolute atomic E-state index is 0.288. The average Bonchev–Trinajstić information content (AvgIpc) is 2.71. The lowest BCUT2D eigenvalue weighted by Gasteiger charge is -2.29. The van der Waals surface area contributed by atoms with Crippen LogP contribution in [0.5, 0.6) is 0 Å². The Kier molecular flexibility index (Phi) is 4.85. The first-order chi connectivity index (χ1) is 13.6. The van der Waals surface area contributed by atoms with Gasteiger partial charge in [-0.3, -0.25) is 5.41 Å². The second kappa shape index (κ2) is 7.60. The van der Waals surface area contributed by atoms with Crippen LogP contribution in [0.15, 0.2) is 72.9 Å². The molecule has 28 heavy (non-hydrogen) atoms. The minimum atomic E-state index is -0.290. The van der Waals surface area contributed by atoms with E-state index in [-0.39, 0.29) is 11.6 Å². The normalized spacial score (nSPS) is 14.0. The van der Waals surface area contributed by atoms with Gasteiger partial charge in [0.15, 0.2) is 0 Å². The summed E-state index contributed by atoms with van der Waals surface area (Å²) in [5.74, 6) is 0.525. The van der Waals surface area contributed by atoms with Crippen LogP contribution in [0.1, 0.15) is 12.0 Å². The third kappa shape index (κ3) is 3.91. The Morgan fingerprint density at radius 2 is 1.61 bits per heavy atom. The third-order valence-electron chi connectivity index (χ3n) is 4.59. The van der Waals surface area contributed by atoms with E-state index in [1.165, 1.54) is 24.3 Å². The van der Waals surface area contributed by atoms with Crippen molar-refractivity contribution in [2.45, 2.75) is 6.42 Å². The van der Waals surface area contributed by atoms with E-state index in [2.05, 4.69) is 16.4 Å². The topological polar surface area (TPSA) is 52.0 Å². The molecular weight excluding hydrogens is 358 g/mol. The Labute approximate surface area is 161 Å². The van der Waals surface area contributed by atoms with Crippen molar-refractivity contribution in [3.8, 4) is 0 Å². The van der Waals surface area contributed by atoms with E-state index in [1.54, 1.807) is 30.5 Å². The van der Waals surface area contributed by atoms with Gasteiger partial charge >= 0.3 is 0 Å². The van der Waals surface area contributed by atoms with E-state index in [1.807, 2.05) is 17.0 Å². The van der Waals surface area contributed by atoms with Gasteiger partial charge in [-0.25, -0.2) is 13.8 Å². The summed E-state index contributed by atoms with van der Waals surface area (Å²) in [5, 5.41) is 11.6. The van der Waals surface area contributed by atoms with Gasteiger partial charge in [-0.05, 0) is 71.8 Å². The van der Waals surface area contributed by atoms with Crippen molar-refractivity contribution in [3.05, 3.63) is 90.1 Å². The van der Waals surface area contributed by atoms with E-state index in [0.29, 0.717) is 24.6 Å².